The number of nitrogens with one attached hydrogen (secondary N) is 2. The number of aromatic nitrogens is 1. The average Bonchev–Trinajstić information content (AvgIpc) is 2.43. The number of hydrogen-bond acceptors (Lipinski definition) is 2. The third-order valence-electron chi connectivity index (χ3n) is 2.58. The molecule has 0 bridgehead atoms. The molecule has 2 N–H and O–H groups in total. The molecule has 1 aliphatic heterocycles. The molecule has 0 atom stereocenters. The second-order valence-electron chi connectivity index (χ2n) is 3.57. The van der Waals surface area contributed by atoms with Crippen molar-refractivity contribution in [2.45, 2.75) is 6.04 Å². The largest absolute Gasteiger partial charge is 0.340 e. The van der Waals surface area contributed by atoms with Crippen molar-refractivity contribution in [2.75, 3.05) is 20.1 Å². The lowest BCUT2D eigenvalue weighted by molar-refractivity contribution is 0.0676. The van der Waals surface area contributed by atoms with Crippen molar-refractivity contribution in [3.63, 3.8) is 0 Å². The summed E-state index contributed by atoms with van der Waals surface area (Å²) < 4.78 is 0. The smallest absolute Gasteiger partial charge is 0.270 e. The topological polar surface area (TPSA) is 48.1 Å². The minimum atomic E-state index is -0.0877. The van der Waals surface area contributed by atoms with Crippen molar-refractivity contribution < 1.29 is 4.79 Å². The van der Waals surface area contributed by atoms with Crippen LogP contribution in [-0.4, -0.2) is 42.0 Å². The first-order chi connectivity index (χ1) is 7.09. The van der Waals surface area contributed by atoms with Gasteiger partial charge in [-0.05, 0) is 6.07 Å². The number of hydrogen-bond donors (Lipinski definition) is 2. The monoisotopic (exact) mass is 247 g/mol. The van der Waals surface area contributed by atoms with Crippen LogP contribution in [0.2, 0.25) is 10.2 Å². The molecule has 2 heterocycles. The van der Waals surface area contributed by atoms with Crippen LogP contribution in [-0.2, 0) is 0 Å². The number of rotatable bonds is 2. The molecule has 0 aliphatic carbocycles. The Morgan fingerprint density at radius 2 is 2.20 bits per heavy atom. The average molecular weight is 248 g/mol. The number of carbonyl (C=O) groups is 1. The van der Waals surface area contributed by atoms with Gasteiger partial charge in [0, 0.05) is 20.1 Å². The molecule has 0 radical (unpaired) electrons. The standard InChI is InChI=1S/C9H11Cl2N3O/c1-14(5-3-12-4-5)9(15)7-2-6(10)8(11)13-7/h2,5,12-13H,3-4H2,1H3. The van der Waals surface area contributed by atoms with E-state index in [0.29, 0.717) is 15.9 Å². The molecule has 2 rings (SSSR count). The van der Waals surface area contributed by atoms with E-state index in [2.05, 4.69) is 10.3 Å². The van der Waals surface area contributed by atoms with Crippen molar-refractivity contribution in [3.05, 3.63) is 21.9 Å². The third kappa shape index (κ3) is 1.97. The predicted molar refractivity (Wildman–Crippen MR) is 59.6 cm³/mol. The lowest BCUT2D eigenvalue weighted by atomic mass is 10.1. The Kier molecular flexibility index (Phi) is 2.91. The molecule has 82 valence electrons. The first-order valence-electron chi connectivity index (χ1n) is 4.61. The number of H-pyrrole nitrogens is 1. The Labute approximate surface area is 97.5 Å². The molecule has 1 amide bonds. The highest BCUT2D eigenvalue weighted by Gasteiger charge is 2.27. The zero-order valence-corrected chi connectivity index (χ0v) is 9.69. The van der Waals surface area contributed by atoms with E-state index in [4.69, 9.17) is 23.2 Å². The summed E-state index contributed by atoms with van der Waals surface area (Å²) >= 11 is 11.5. The molecule has 0 aromatic carbocycles. The number of nitrogens with zero attached hydrogens (tertiary/aromatic N) is 1. The Morgan fingerprint density at radius 1 is 1.53 bits per heavy atom. The fourth-order valence-electron chi connectivity index (χ4n) is 1.42. The molecule has 1 aliphatic rings. The highest BCUT2D eigenvalue weighted by molar-refractivity contribution is 6.41. The van der Waals surface area contributed by atoms with E-state index >= 15 is 0 Å². The van der Waals surface area contributed by atoms with E-state index in [0.717, 1.165) is 13.1 Å². The van der Waals surface area contributed by atoms with Crippen molar-refractivity contribution in [1.29, 1.82) is 0 Å². The summed E-state index contributed by atoms with van der Waals surface area (Å²) in [6.07, 6.45) is 0. The molecule has 0 spiro atoms. The van der Waals surface area contributed by atoms with Gasteiger partial charge >= 0.3 is 0 Å². The van der Waals surface area contributed by atoms with Gasteiger partial charge in [-0.3, -0.25) is 4.79 Å². The maximum atomic E-state index is 11.9. The van der Waals surface area contributed by atoms with Gasteiger partial charge < -0.3 is 15.2 Å². The van der Waals surface area contributed by atoms with Crippen LogP contribution in [0.3, 0.4) is 0 Å². The van der Waals surface area contributed by atoms with Gasteiger partial charge in [0.2, 0.25) is 0 Å². The summed E-state index contributed by atoms with van der Waals surface area (Å²) in [4.78, 5) is 16.3. The molecule has 0 saturated carbocycles. The normalized spacial score (nSPS) is 16.2. The Balaban J connectivity index is 2.12. The van der Waals surface area contributed by atoms with Gasteiger partial charge in [-0.1, -0.05) is 23.2 Å². The maximum Gasteiger partial charge on any atom is 0.270 e. The molecular formula is C9H11Cl2N3O. The fraction of sp³-hybridized carbons (Fsp3) is 0.444. The van der Waals surface area contributed by atoms with E-state index in [9.17, 15) is 4.79 Å². The van der Waals surface area contributed by atoms with Crippen molar-refractivity contribution in [1.82, 2.24) is 15.2 Å². The molecule has 6 heteroatoms. The van der Waals surface area contributed by atoms with Crippen molar-refractivity contribution in [2.24, 2.45) is 0 Å². The summed E-state index contributed by atoms with van der Waals surface area (Å²) in [5.41, 5.74) is 0.430. The van der Waals surface area contributed by atoms with Gasteiger partial charge in [0.05, 0.1) is 11.1 Å². The molecular weight excluding hydrogens is 237 g/mol. The van der Waals surface area contributed by atoms with E-state index in [1.807, 2.05) is 0 Å². The SMILES string of the molecule is CN(C(=O)c1cc(Cl)c(Cl)[nH]1)C1CNC1. The minimum Gasteiger partial charge on any atom is -0.340 e. The highest BCUT2D eigenvalue weighted by Crippen LogP contribution is 2.22. The quantitative estimate of drug-likeness (QED) is 0.830. The molecule has 1 aromatic rings. The number of carbonyl (C=O) groups excluding carboxylic acids is 1. The lowest BCUT2D eigenvalue weighted by Crippen LogP contribution is -2.57. The summed E-state index contributed by atoms with van der Waals surface area (Å²) in [6, 6.07) is 1.81. The Morgan fingerprint density at radius 3 is 2.60 bits per heavy atom. The Bertz CT molecular complexity index is 367. The molecule has 15 heavy (non-hydrogen) atoms. The van der Waals surface area contributed by atoms with Crippen LogP contribution in [0.4, 0.5) is 0 Å². The van der Waals surface area contributed by atoms with E-state index in [1.165, 1.54) is 0 Å². The maximum absolute atomic E-state index is 11.9. The van der Waals surface area contributed by atoms with Crippen LogP contribution in [0.1, 0.15) is 10.5 Å². The molecule has 1 aromatic heterocycles. The Hall–Kier alpha value is -0.710. The number of aromatic amines is 1. The van der Waals surface area contributed by atoms with Crippen molar-refractivity contribution in [3.8, 4) is 0 Å². The molecule has 4 nitrogen and oxygen atoms in total. The van der Waals surface area contributed by atoms with Crippen LogP contribution in [0.5, 0.6) is 0 Å². The fourth-order valence-corrected chi connectivity index (χ4v) is 1.74. The minimum absolute atomic E-state index is 0.0877. The zero-order chi connectivity index (χ0) is 11.0. The number of likely N-dealkylation sites (N-methyl/N-ethyl adjacent to an activating group) is 1. The number of amides is 1. The zero-order valence-electron chi connectivity index (χ0n) is 8.18. The van der Waals surface area contributed by atoms with Gasteiger partial charge in [-0.2, -0.15) is 0 Å². The molecule has 1 fully saturated rings. The predicted octanol–water partition coefficient (Wildman–Crippen LogP) is 1.37. The van der Waals surface area contributed by atoms with Crippen molar-refractivity contribution >= 4 is 29.1 Å². The second-order valence-corrected chi connectivity index (χ2v) is 4.36. The highest BCUT2D eigenvalue weighted by atomic mass is 35.5. The molecule has 1 saturated heterocycles. The van der Waals surface area contributed by atoms with Gasteiger partial charge in [0.1, 0.15) is 10.8 Å². The van der Waals surface area contributed by atoms with E-state index in [-0.39, 0.29) is 11.9 Å². The van der Waals surface area contributed by atoms with E-state index in [1.54, 1.807) is 18.0 Å². The summed E-state index contributed by atoms with van der Waals surface area (Å²) in [6.45, 7) is 1.68. The summed E-state index contributed by atoms with van der Waals surface area (Å²) in [5.74, 6) is -0.0877. The van der Waals surface area contributed by atoms with E-state index < -0.39 is 0 Å². The first-order valence-corrected chi connectivity index (χ1v) is 5.37. The summed E-state index contributed by atoms with van der Waals surface area (Å²) in [7, 11) is 1.77. The van der Waals surface area contributed by atoms with Crippen LogP contribution < -0.4 is 5.32 Å². The van der Waals surface area contributed by atoms with Crippen LogP contribution in [0, 0.1) is 0 Å². The van der Waals surface area contributed by atoms with Crippen LogP contribution in [0.25, 0.3) is 0 Å². The first kappa shape index (κ1) is 10.8. The lowest BCUT2D eigenvalue weighted by Gasteiger charge is -2.35. The second kappa shape index (κ2) is 4.04. The van der Waals surface area contributed by atoms with Gasteiger partial charge in [0.15, 0.2) is 0 Å². The van der Waals surface area contributed by atoms with Gasteiger partial charge in [-0.25, -0.2) is 0 Å². The molecule has 0 unspecified atom stereocenters. The van der Waals surface area contributed by atoms with Crippen LogP contribution >= 0.6 is 23.2 Å². The van der Waals surface area contributed by atoms with Gasteiger partial charge in [0.25, 0.3) is 5.91 Å². The number of halogens is 2. The van der Waals surface area contributed by atoms with Crippen LogP contribution in [0.15, 0.2) is 6.07 Å². The van der Waals surface area contributed by atoms with Gasteiger partial charge in [-0.15, -0.1) is 0 Å². The summed E-state index contributed by atoms with van der Waals surface area (Å²) in [5, 5.41) is 3.79. The third-order valence-corrected chi connectivity index (χ3v) is 3.28.